The van der Waals surface area contributed by atoms with Gasteiger partial charge in [0.1, 0.15) is 12.1 Å². The van der Waals surface area contributed by atoms with Crippen LogP contribution in [-0.2, 0) is 6.54 Å². The van der Waals surface area contributed by atoms with Gasteiger partial charge in [0.05, 0.1) is 24.7 Å². The summed E-state index contributed by atoms with van der Waals surface area (Å²) in [7, 11) is 0. The van der Waals surface area contributed by atoms with Crippen LogP contribution in [0.3, 0.4) is 0 Å². The number of anilines is 1. The lowest BCUT2D eigenvalue weighted by atomic mass is 10.1. The highest BCUT2D eigenvalue weighted by molar-refractivity contribution is 5.86. The minimum atomic E-state index is 0.0532. The van der Waals surface area contributed by atoms with Crippen LogP contribution in [0.5, 0.6) is 0 Å². The van der Waals surface area contributed by atoms with Gasteiger partial charge in [0, 0.05) is 12.6 Å². The molecule has 0 bridgehead atoms. The van der Waals surface area contributed by atoms with Crippen molar-refractivity contribution in [3.63, 3.8) is 0 Å². The Labute approximate surface area is 124 Å². The van der Waals surface area contributed by atoms with Gasteiger partial charge < -0.3 is 15.3 Å². The Morgan fingerprint density at radius 3 is 3.14 bits per heavy atom. The van der Waals surface area contributed by atoms with Crippen LogP contribution in [-0.4, -0.2) is 62.0 Å². The van der Waals surface area contributed by atoms with E-state index in [9.17, 15) is 0 Å². The number of hydrogen-bond donors (Lipinski definition) is 2. The van der Waals surface area contributed by atoms with E-state index in [0.717, 1.165) is 36.4 Å². The van der Waals surface area contributed by atoms with E-state index in [2.05, 4.69) is 32.2 Å². The van der Waals surface area contributed by atoms with Crippen molar-refractivity contribution in [3.05, 3.63) is 12.5 Å². The standard InChI is InChI=1S/C14H22N6O/c1-2-19-5-3-4-11(9-19)18-13-12-8-17-20(6-7-21)14(12)16-10-15-13/h8,10-11,21H,2-7,9H2,1H3,(H,15,16,18). The topological polar surface area (TPSA) is 79.1 Å². The van der Waals surface area contributed by atoms with Gasteiger partial charge in [0.15, 0.2) is 5.65 Å². The summed E-state index contributed by atoms with van der Waals surface area (Å²) in [5.74, 6) is 0.840. The van der Waals surface area contributed by atoms with Crippen molar-refractivity contribution in [1.82, 2.24) is 24.6 Å². The lowest BCUT2D eigenvalue weighted by Crippen LogP contribution is -2.42. The summed E-state index contributed by atoms with van der Waals surface area (Å²) in [5, 5.41) is 17.8. The van der Waals surface area contributed by atoms with Gasteiger partial charge in [-0.25, -0.2) is 14.6 Å². The molecule has 1 aliphatic heterocycles. The predicted molar refractivity (Wildman–Crippen MR) is 81.2 cm³/mol. The summed E-state index contributed by atoms with van der Waals surface area (Å²) in [6, 6.07) is 0.415. The van der Waals surface area contributed by atoms with Gasteiger partial charge in [0.25, 0.3) is 0 Å². The molecule has 7 nitrogen and oxygen atoms in total. The van der Waals surface area contributed by atoms with Crippen molar-refractivity contribution in [2.24, 2.45) is 0 Å². The molecule has 3 heterocycles. The molecular weight excluding hydrogens is 268 g/mol. The molecule has 114 valence electrons. The number of aliphatic hydroxyl groups is 1. The number of nitrogens with one attached hydrogen (secondary N) is 1. The summed E-state index contributed by atoms with van der Waals surface area (Å²) < 4.78 is 1.71. The van der Waals surface area contributed by atoms with Crippen LogP contribution >= 0.6 is 0 Å². The fourth-order valence-corrected chi connectivity index (χ4v) is 2.92. The van der Waals surface area contributed by atoms with Crippen molar-refractivity contribution in [2.75, 3.05) is 31.6 Å². The lowest BCUT2D eigenvalue weighted by molar-refractivity contribution is 0.226. The summed E-state index contributed by atoms with van der Waals surface area (Å²) >= 11 is 0. The molecule has 7 heteroatoms. The summed E-state index contributed by atoms with van der Waals surface area (Å²) in [4.78, 5) is 11.1. The van der Waals surface area contributed by atoms with Crippen LogP contribution in [0.25, 0.3) is 11.0 Å². The molecule has 1 unspecified atom stereocenters. The van der Waals surface area contributed by atoms with Crippen LogP contribution in [0.15, 0.2) is 12.5 Å². The summed E-state index contributed by atoms with van der Waals surface area (Å²) in [6.07, 6.45) is 5.70. The molecule has 2 N–H and O–H groups in total. The van der Waals surface area contributed by atoms with Gasteiger partial charge in [-0.3, -0.25) is 0 Å². The maximum Gasteiger partial charge on any atom is 0.163 e. The van der Waals surface area contributed by atoms with Gasteiger partial charge in [-0.05, 0) is 25.9 Å². The molecule has 0 amide bonds. The van der Waals surface area contributed by atoms with Gasteiger partial charge in [-0.1, -0.05) is 6.92 Å². The number of likely N-dealkylation sites (tertiary alicyclic amines) is 1. The highest BCUT2D eigenvalue weighted by Crippen LogP contribution is 2.21. The van der Waals surface area contributed by atoms with Crippen molar-refractivity contribution < 1.29 is 5.11 Å². The minimum Gasteiger partial charge on any atom is -0.394 e. The first kappa shape index (κ1) is 14.2. The van der Waals surface area contributed by atoms with Crippen molar-refractivity contribution in [2.45, 2.75) is 32.4 Å². The first-order chi connectivity index (χ1) is 10.3. The minimum absolute atomic E-state index is 0.0532. The number of aliphatic hydroxyl groups excluding tert-OH is 1. The van der Waals surface area contributed by atoms with Crippen molar-refractivity contribution in [1.29, 1.82) is 0 Å². The van der Waals surface area contributed by atoms with Crippen LogP contribution in [0, 0.1) is 0 Å². The number of piperidine rings is 1. The van der Waals surface area contributed by atoms with Gasteiger partial charge in [-0.2, -0.15) is 5.10 Å². The lowest BCUT2D eigenvalue weighted by Gasteiger charge is -2.32. The van der Waals surface area contributed by atoms with Gasteiger partial charge >= 0.3 is 0 Å². The largest absolute Gasteiger partial charge is 0.394 e. The van der Waals surface area contributed by atoms with E-state index in [4.69, 9.17) is 5.11 Å². The summed E-state index contributed by atoms with van der Waals surface area (Å²) in [5.41, 5.74) is 0.768. The number of hydrogen-bond acceptors (Lipinski definition) is 6. The van der Waals surface area contributed by atoms with Crippen molar-refractivity contribution >= 4 is 16.9 Å². The van der Waals surface area contributed by atoms with Gasteiger partial charge in [0.2, 0.25) is 0 Å². The third-order valence-electron chi connectivity index (χ3n) is 4.04. The first-order valence-corrected chi connectivity index (χ1v) is 7.58. The van der Waals surface area contributed by atoms with Crippen molar-refractivity contribution in [3.8, 4) is 0 Å². The SMILES string of the molecule is CCN1CCCC(Nc2ncnc3c2cnn3CCO)C1. The quantitative estimate of drug-likeness (QED) is 0.844. The molecule has 0 aliphatic carbocycles. The highest BCUT2D eigenvalue weighted by Gasteiger charge is 2.20. The maximum absolute atomic E-state index is 9.06. The predicted octanol–water partition coefficient (Wildman–Crippen LogP) is 0.715. The number of aromatic nitrogens is 4. The molecule has 0 aromatic carbocycles. The number of nitrogens with zero attached hydrogens (tertiary/aromatic N) is 5. The van der Waals surface area contributed by atoms with Crippen LogP contribution < -0.4 is 5.32 Å². The van der Waals surface area contributed by atoms with Crippen LogP contribution in [0.4, 0.5) is 5.82 Å². The van der Waals surface area contributed by atoms with E-state index in [0.29, 0.717) is 12.6 Å². The second-order valence-electron chi connectivity index (χ2n) is 5.43. The summed E-state index contributed by atoms with van der Waals surface area (Å²) in [6.45, 7) is 6.02. The zero-order valence-electron chi connectivity index (χ0n) is 12.4. The molecule has 3 rings (SSSR count). The van der Waals surface area contributed by atoms with E-state index in [1.807, 2.05) is 0 Å². The molecule has 0 spiro atoms. The van der Waals surface area contributed by atoms with Crippen LogP contribution in [0.1, 0.15) is 19.8 Å². The number of fused-ring (bicyclic) bond motifs is 1. The third kappa shape index (κ3) is 2.98. The zero-order chi connectivity index (χ0) is 14.7. The highest BCUT2D eigenvalue weighted by atomic mass is 16.3. The Bertz CT molecular complexity index is 598. The molecule has 1 aliphatic rings. The fourth-order valence-electron chi connectivity index (χ4n) is 2.92. The average molecular weight is 290 g/mol. The third-order valence-corrected chi connectivity index (χ3v) is 4.04. The zero-order valence-corrected chi connectivity index (χ0v) is 12.4. The first-order valence-electron chi connectivity index (χ1n) is 7.58. The molecule has 21 heavy (non-hydrogen) atoms. The second-order valence-corrected chi connectivity index (χ2v) is 5.43. The molecular formula is C14H22N6O. The Balaban J connectivity index is 1.80. The molecule has 2 aromatic rings. The monoisotopic (exact) mass is 290 g/mol. The van der Waals surface area contributed by atoms with E-state index in [1.165, 1.54) is 13.0 Å². The van der Waals surface area contributed by atoms with E-state index >= 15 is 0 Å². The Morgan fingerprint density at radius 2 is 2.33 bits per heavy atom. The van der Waals surface area contributed by atoms with E-state index in [1.54, 1.807) is 17.2 Å². The van der Waals surface area contributed by atoms with Gasteiger partial charge in [-0.15, -0.1) is 0 Å². The Hall–Kier alpha value is -1.73. The Morgan fingerprint density at radius 1 is 1.43 bits per heavy atom. The Kier molecular flexibility index (Phi) is 4.31. The maximum atomic E-state index is 9.06. The second kappa shape index (κ2) is 6.36. The molecule has 2 aromatic heterocycles. The smallest absolute Gasteiger partial charge is 0.163 e. The fraction of sp³-hybridized carbons (Fsp3) is 0.643. The normalized spacial score (nSPS) is 20.0. The van der Waals surface area contributed by atoms with E-state index < -0.39 is 0 Å². The molecule has 0 saturated carbocycles. The molecule has 0 radical (unpaired) electrons. The molecule has 1 fully saturated rings. The average Bonchev–Trinajstić information content (AvgIpc) is 2.92. The molecule has 1 saturated heterocycles. The van der Waals surface area contributed by atoms with Crippen LogP contribution in [0.2, 0.25) is 0 Å². The number of likely N-dealkylation sites (N-methyl/N-ethyl adjacent to an activating group) is 1. The number of rotatable bonds is 5. The molecule has 1 atom stereocenters. The van der Waals surface area contributed by atoms with E-state index in [-0.39, 0.29) is 6.61 Å².